The summed E-state index contributed by atoms with van der Waals surface area (Å²) in [6.07, 6.45) is 3.27. The molecule has 5 rings (SSSR count). The summed E-state index contributed by atoms with van der Waals surface area (Å²) < 4.78 is 1.56. The maximum absolute atomic E-state index is 13.5. The SMILES string of the molecule is O=c1c(-c2nc(-c3ccc(Cl)cc3)cs2)cc2c(O)cccc2n1-c1cccnc1. The Morgan fingerprint density at radius 3 is 2.63 bits per heavy atom. The van der Waals surface area contributed by atoms with Crippen molar-refractivity contribution in [2.45, 2.75) is 0 Å². The number of aromatic hydroxyl groups is 1. The zero-order valence-corrected chi connectivity index (χ0v) is 17.1. The van der Waals surface area contributed by atoms with Crippen molar-refractivity contribution in [2.24, 2.45) is 0 Å². The highest BCUT2D eigenvalue weighted by Gasteiger charge is 2.17. The first-order chi connectivity index (χ1) is 14.6. The summed E-state index contributed by atoms with van der Waals surface area (Å²) in [5, 5.41) is 14.2. The standard InChI is InChI=1S/C23H14ClN3O2S/c24-15-8-6-14(7-9-15)19-13-30-22(26-19)18-11-17-20(4-1-5-21(17)28)27(23(18)29)16-3-2-10-25-12-16/h1-13,28H. The van der Waals surface area contributed by atoms with Gasteiger partial charge in [-0.15, -0.1) is 11.3 Å². The molecule has 1 N–H and O–H groups in total. The molecule has 0 spiro atoms. The van der Waals surface area contributed by atoms with Crippen LogP contribution in [0.1, 0.15) is 0 Å². The summed E-state index contributed by atoms with van der Waals surface area (Å²) in [6, 6.07) is 17.8. The van der Waals surface area contributed by atoms with Crippen LogP contribution in [0, 0.1) is 0 Å². The lowest BCUT2D eigenvalue weighted by molar-refractivity contribution is 0.481. The third kappa shape index (κ3) is 3.16. The van der Waals surface area contributed by atoms with Gasteiger partial charge in [0.05, 0.1) is 28.7 Å². The molecule has 146 valence electrons. The summed E-state index contributed by atoms with van der Waals surface area (Å²) >= 11 is 7.36. The second-order valence-electron chi connectivity index (χ2n) is 6.66. The zero-order valence-electron chi connectivity index (χ0n) is 15.5. The Balaban J connectivity index is 1.75. The van der Waals surface area contributed by atoms with Crippen LogP contribution in [0.25, 0.3) is 38.4 Å². The Morgan fingerprint density at radius 2 is 1.87 bits per heavy atom. The number of hydrogen-bond donors (Lipinski definition) is 1. The molecule has 0 aliphatic heterocycles. The molecule has 5 nitrogen and oxygen atoms in total. The third-order valence-corrected chi connectivity index (χ3v) is 5.93. The number of rotatable bonds is 3. The first-order valence-electron chi connectivity index (χ1n) is 9.12. The van der Waals surface area contributed by atoms with Crippen LogP contribution >= 0.6 is 22.9 Å². The van der Waals surface area contributed by atoms with E-state index in [1.807, 2.05) is 23.6 Å². The topological polar surface area (TPSA) is 68.0 Å². The van der Waals surface area contributed by atoms with Crippen LogP contribution in [-0.4, -0.2) is 19.6 Å². The molecule has 3 aromatic heterocycles. The van der Waals surface area contributed by atoms with Crippen molar-refractivity contribution in [1.82, 2.24) is 14.5 Å². The molecule has 0 bridgehead atoms. The normalized spacial score (nSPS) is 11.1. The number of hydrogen-bond acceptors (Lipinski definition) is 5. The predicted octanol–water partition coefficient (Wildman–Crippen LogP) is 5.54. The van der Waals surface area contributed by atoms with E-state index in [1.165, 1.54) is 11.3 Å². The van der Waals surface area contributed by atoms with Crippen LogP contribution in [0.5, 0.6) is 5.75 Å². The molecule has 0 aliphatic rings. The van der Waals surface area contributed by atoms with Crippen molar-refractivity contribution in [2.75, 3.05) is 0 Å². The van der Waals surface area contributed by atoms with Gasteiger partial charge >= 0.3 is 0 Å². The quantitative estimate of drug-likeness (QED) is 0.407. The largest absolute Gasteiger partial charge is 0.507 e. The van der Waals surface area contributed by atoms with Crippen molar-refractivity contribution in [3.63, 3.8) is 0 Å². The minimum Gasteiger partial charge on any atom is -0.507 e. The molecule has 0 amide bonds. The zero-order chi connectivity index (χ0) is 20.7. The van der Waals surface area contributed by atoms with Gasteiger partial charge in [0, 0.05) is 27.5 Å². The molecule has 0 saturated carbocycles. The molecule has 0 atom stereocenters. The maximum Gasteiger partial charge on any atom is 0.265 e. The van der Waals surface area contributed by atoms with Crippen molar-refractivity contribution in [1.29, 1.82) is 0 Å². The summed E-state index contributed by atoms with van der Waals surface area (Å²) in [5.41, 5.74) is 3.09. The van der Waals surface area contributed by atoms with E-state index in [0.717, 1.165) is 11.3 Å². The van der Waals surface area contributed by atoms with Crippen LogP contribution in [0.4, 0.5) is 0 Å². The van der Waals surface area contributed by atoms with E-state index in [1.54, 1.807) is 59.4 Å². The molecule has 5 aromatic rings. The van der Waals surface area contributed by atoms with Crippen LogP contribution in [0.15, 0.2) is 83.2 Å². The van der Waals surface area contributed by atoms with E-state index in [4.69, 9.17) is 11.6 Å². The first kappa shape index (κ1) is 18.5. The number of fused-ring (bicyclic) bond motifs is 1. The Hall–Kier alpha value is -3.48. The number of halogens is 1. The number of phenolic OH excluding ortho intramolecular Hbond substituents is 1. The lowest BCUT2D eigenvalue weighted by Gasteiger charge is -2.12. The summed E-state index contributed by atoms with van der Waals surface area (Å²) in [7, 11) is 0. The molecule has 7 heteroatoms. The van der Waals surface area contributed by atoms with Gasteiger partial charge in [-0.1, -0.05) is 29.8 Å². The lowest BCUT2D eigenvalue weighted by Crippen LogP contribution is -2.20. The number of pyridine rings is 2. The van der Waals surface area contributed by atoms with Crippen LogP contribution in [0.3, 0.4) is 0 Å². The second-order valence-corrected chi connectivity index (χ2v) is 7.96. The minimum absolute atomic E-state index is 0.0980. The van der Waals surface area contributed by atoms with Gasteiger partial charge in [-0.3, -0.25) is 14.3 Å². The smallest absolute Gasteiger partial charge is 0.265 e. The Morgan fingerprint density at radius 1 is 1.03 bits per heavy atom. The molecule has 0 unspecified atom stereocenters. The van der Waals surface area contributed by atoms with E-state index in [9.17, 15) is 9.90 Å². The number of phenols is 1. The van der Waals surface area contributed by atoms with E-state index >= 15 is 0 Å². The van der Waals surface area contributed by atoms with Crippen LogP contribution in [0.2, 0.25) is 5.02 Å². The van der Waals surface area contributed by atoms with Gasteiger partial charge in [0.1, 0.15) is 10.8 Å². The van der Waals surface area contributed by atoms with Crippen molar-refractivity contribution in [3.05, 3.63) is 93.8 Å². The fourth-order valence-electron chi connectivity index (χ4n) is 3.37. The van der Waals surface area contributed by atoms with Gasteiger partial charge in [0.25, 0.3) is 5.56 Å². The van der Waals surface area contributed by atoms with E-state index < -0.39 is 0 Å². The molecular weight excluding hydrogens is 418 g/mol. The van der Waals surface area contributed by atoms with Gasteiger partial charge < -0.3 is 5.11 Å². The summed E-state index contributed by atoms with van der Waals surface area (Å²) in [4.78, 5) is 22.3. The Bertz CT molecular complexity index is 1430. The predicted molar refractivity (Wildman–Crippen MR) is 121 cm³/mol. The highest BCUT2D eigenvalue weighted by atomic mass is 35.5. The summed E-state index contributed by atoms with van der Waals surface area (Å²) in [5.74, 6) is 0.0980. The summed E-state index contributed by atoms with van der Waals surface area (Å²) in [6.45, 7) is 0. The van der Waals surface area contributed by atoms with Crippen molar-refractivity contribution < 1.29 is 5.11 Å². The highest BCUT2D eigenvalue weighted by Crippen LogP contribution is 2.32. The van der Waals surface area contributed by atoms with Crippen LogP contribution < -0.4 is 5.56 Å². The molecular formula is C23H14ClN3O2S. The average molecular weight is 432 g/mol. The maximum atomic E-state index is 13.5. The van der Waals surface area contributed by atoms with Crippen LogP contribution in [-0.2, 0) is 0 Å². The third-order valence-electron chi connectivity index (χ3n) is 4.80. The monoisotopic (exact) mass is 431 g/mol. The van der Waals surface area contributed by atoms with E-state index in [-0.39, 0.29) is 11.3 Å². The van der Waals surface area contributed by atoms with E-state index in [2.05, 4.69) is 9.97 Å². The molecule has 3 heterocycles. The van der Waals surface area contributed by atoms with Gasteiger partial charge in [-0.05, 0) is 42.5 Å². The van der Waals surface area contributed by atoms with Crippen molar-refractivity contribution in [3.8, 4) is 33.3 Å². The fraction of sp³-hybridized carbons (Fsp3) is 0. The second kappa shape index (κ2) is 7.40. The van der Waals surface area contributed by atoms with Gasteiger partial charge in [0.15, 0.2) is 0 Å². The number of aromatic nitrogens is 3. The van der Waals surface area contributed by atoms with Crippen molar-refractivity contribution >= 4 is 33.8 Å². The molecule has 0 fully saturated rings. The highest BCUT2D eigenvalue weighted by molar-refractivity contribution is 7.13. The molecule has 0 aliphatic carbocycles. The lowest BCUT2D eigenvalue weighted by atomic mass is 10.1. The number of thiazole rings is 1. The number of benzene rings is 2. The average Bonchev–Trinajstić information content (AvgIpc) is 3.25. The van der Waals surface area contributed by atoms with Gasteiger partial charge in [-0.2, -0.15) is 0 Å². The molecule has 2 aromatic carbocycles. The van der Waals surface area contributed by atoms with Gasteiger partial charge in [0.2, 0.25) is 0 Å². The Kier molecular flexibility index (Phi) is 4.58. The molecule has 0 radical (unpaired) electrons. The number of nitrogens with zero attached hydrogens (tertiary/aromatic N) is 3. The molecule has 30 heavy (non-hydrogen) atoms. The van der Waals surface area contributed by atoms with Gasteiger partial charge in [-0.25, -0.2) is 4.98 Å². The molecule has 0 saturated heterocycles. The minimum atomic E-state index is -0.224. The first-order valence-corrected chi connectivity index (χ1v) is 10.4. The Labute approximate surface area is 180 Å². The fourth-order valence-corrected chi connectivity index (χ4v) is 4.33. The van der Waals surface area contributed by atoms with E-state index in [0.29, 0.717) is 32.2 Å².